The van der Waals surface area contributed by atoms with E-state index in [1.807, 2.05) is 60.7 Å². The molecule has 3 aliphatic rings. The standard InChI is InChI=1S/C29H33N2O2.C2HF3O2/c1-22(23-11-5-2-6-12-23)31-19-17-24(18-20-31)27(21-31)33-29(32)28(25-13-7-3-8-14-25)30-26-15-9-4-10-16-26;3-2(4,5)1(6)7/h2-16,22,24,27-28,30H,17-21H2,1H3;(H,6,7)/q+1;/p-1/t22?,24?,27-,28?,31?;/m0./s1. The molecule has 3 atom stereocenters. The molecule has 0 aromatic heterocycles. The molecular weight excluding hydrogens is 521 g/mol. The lowest BCUT2D eigenvalue weighted by Gasteiger charge is -2.55. The number of hydrogen-bond acceptors (Lipinski definition) is 5. The molecule has 3 aromatic rings. The van der Waals surface area contributed by atoms with E-state index >= 15 is 0 Å². The molecule has 0 amide bonds. The SMILES string of the molecule is CC(c1ccccc1)[N+]12CCC(CC1)[C@@H](OC(=O)C(Nc1ccccc1)c1ccccc1)C2.O=C([O-])C(F)(F)F. The number of carboxylic acid groups (broad SMARTS) is 1. The number of quaternary nitrogens is 1. The van der Waals surface area contributed by atoms with Crippen LogP contribution in [0.4, 0.5) is 18.9 Å². The first-order valence-electron chi connectivity index (χ1n) is 13.3. The van der Waals surface area contributed by atoms with Gasteiger partial charge in [-0.3, -0.25) is 0 Å². The molecule has 40 heavy (non-hydrogen) atoms. The topological polar surface area (TPSA) is 78.5 Å². The minimum absolute atomic E-state index is 0.0325. The van der Waals surface area contributed by atoms with Gasteiger partial charge in [-0.05, 0) is 24.6 Å². The van der Waals surface area contributed by atoms with E-state index in [1.165, 1.54) is 18.7 Å². The van der Waals surface area contributed by atoms with Crippen molar-refractivity contribution in [1.82, 2.24) is 0 Å². The highest BCUT2D eigenvalue weighted by Gasteiger charge is 2.50. The maximum Gasteiger partial charge on any atom is 0.430 e. The van der Waals surface area contributed by atoms with Gasteiger partial charge in [-0.1, -0.05) is 78.9 Å². The highest BCUT2D eigenvalue weighted by atomic mass is 19.4. The fourth-order valence-corrected chi connectivity index (χ4v) is 5.73. The maximum absolute atomic E-state index is 13.5. The van der Waals surface area contributed by atoms with Crippen LogP contribution >= 0.6 is 0 Å². The molecule has 0 saturated carbocycles. The number of anilines is 1. The summed E-state index contributed by atoms with van der Waals surface area (Å²) in [6.07, 6.45) is -2.98. The molecular formula is C31H33F3N2O4. The fraction of sp³-hybridized carbons (Fsp3) is 0.355. The van der Waals surface area contributed by atoms with Crippen LogP contribution in [0.15, 0.2) is 91.0 Å². The maximum atomic E-state index is 13.5. The number of carbonyl (C=O) groups is 2. The summed E-state index contributed by atoms with van der Waals surface area (Å²) in [6, 6.07) is 30.5. The van der Waals surface area contributed by atoms with Crippen molar-refractivity contribution in [2.45, 2.75) is 44.1 Å². The number of nitrogens with zero attached hydrogens (tertiary/aromatic N) is 1. The second kappa shape index (κ2) is 12.6. The van der Waals surface area contributed by atoms with Gasteiger partial charge in [0.15, 0.2) is 12.1 Å². The number of para-hydroxylation sites is 1. The van der Waals surface area contributed by atoms with Gasteiger partial charge in [0.25, 0.3) is 0 Å². The van der Waals surface area contributed by atoms with Crippen LogP contribution in [0.3, 0.4) is 0 Å². The Hall–Kier alpha value is -3.85. The molecule has 1 N–H and O–H groups in total. The number of benzene rings is 3. The van der Waals surface area contributed by atoms with E-state index in [-0.39, 0.29) is 12.1 Å². The van der Waals surface area contributed by atoms with Crippen molar-refractivity contribution < 1.29 is 37.1 Å². The van der Waals surface area contributed by atoms with Crippen LogP contribution in [0.25, 0.3) is 0 Å². The van der Waals surface area contributed by atoms with E-state index in [9.17, 15) is 18.0 Å². The third-order valence-corrected chi connectivity index (χ3v) is 8.02. The third-order valence-electron chi connectivity index (χ3n) is 8.02. The first kappa shape index (κ1) is 29.1. The zero-order chi connectivity index (χ0) is 28.8. The molecule has 212 valence electrons. The Labute approximate surface area is 232 Å². The Balaban J connectivity index is 0.000000470. The third kappa shape index (κ3) is 7.01. The number of carboxylic acids is 1. The molecule has 0 radical (unpaired) electrons. The summed E-state index contributed by atoms with van der Waals surface area (Å²) >= 11 is 0. The summed E-state index contributed by atoms with van der Waals surface area (Å²) in [6.45, 7) is 5.57. The van der Waals surface area contributed by atoms with Crippen LogP contribution in [0.2, 0.25) is 0 Å². The Morgan fingerprint density at radius 2 is 1.35 bits per heavy atom. The summed E-state index contributed by atoms with van der Waals surface area (Å²) in [5.74, 6) is -2.73. The zero-order valence-electron chi connectivity index (χ0n) is 22.2. The molecule has 3 aromatic carbocycles. The lowest BCUT2D eigenvalue weighted by molar-refractivity contribution is -0.972. The van der Waals surface area contributed by atoms with Crippen molar-refractivity contribution in [2.24, 2.45) is 5.92 Å². The number of halogens is 3. The largest absolute Gasteiger partial charge is 0.542 e. The van der Waals surface area contributed by atoms with Crippen molar-refractivity contribution >= 4 is 17.6 Å². The molecule has 6 rings (SSSR count). The van der Waals surface area contributed by atoms with Gasteiger partial charge in [0.1, 0.15) is 18.6 Å². The van der Waals surface area contributed by atoms with Gasteiger partial charge in [-0.25, -0.2) is 4.79 Å². The molecule has 0 spiro atoms. The minimum atomic E-state index is -5.19. The Morgan fingerprint density at radius 3 is 1.85 bits per heavy atom. The van der Waals surface area contributed by atoms with Crippen LogP contribution < -0.4 is 10.4 Å². The average Bonchev–Trinajstić information content (AvgIpc) is 2.97. The first-order valence-corrected chi connectivity index (χ1v) is 13.3. The quantitative estimate of drug-likeness (QED) is 0.327. The summed E-state index contributed by atoms with van der Waals surface area (Å²) in [4.78, 5) is 22.3. The van der Waals surface area contributed by atoms with Crippen LogP contribution in [-0.4, -0.2) is 48.3 Å². The molecule has 2 bridgehead atoms. The normalized spacial score (nSPS) is 23.2. The van der Waals surface area contributed by atoms with E-state index in [2.05, 4.69) is 42.6 Å². The molecule has 6 nitrogen and oxygen atoms in total. The van der Waals surface area contributed by atoms with Gasteiger partial charge in [0.2, 0.25) is 0 Å². The molecule has 3 heterocycles. The van der Waals surface area contributed by atoms with Gasteiger partial charge in [-0.15, -0.1) is 0 Å². The van der Waals surface area contributed by atoms with Gasteiger partial charge >= 0.3 is 12.1 Å². The van der Waals surface area contributed by atoms with Crippen LogP contribution in [0.1, 0.15) is 43.0 Å². The summed E-state index contributed by atoms with van der Waals surface area (Å²) in [5, 5.41) is 12.2. The van der Waals surface area contributed by atoms with E-state index in [1.54, 1.807) is 0 Å². The second-order valence-corrected chi connectivity index (χ2v) is 10.4. The van der Waals surface area contributed by atoms with Crippen molar-refractivity contribution in [1.29, 1.82) is 0 Å². The molecule has 3 saturated heterocycles. The van der Waals surface area contributed by atoms with Gasteiger partial charge < -0.3 is 24.4 Å². The number of hydrogen-bond donors (Lipinski definition) is 1. The first-order chi connectivity index (χ1) is 19.1. The highest BCUT2D eigenvalue weighted by Crippen LogP contribution is 2.42. The Bertz CT molecular complexity index is 1250. The van der Waals surface area contributed by atoms with E-state index in [4.69, 9.17) is 14.6 Å². The fourth-order valence-electron chi connectivity index (χ4n) is 5.73. The molecule has 9 heteroatoms. The lowest BCUT2D eigenvalue weighted by Crippen LogP contribution is -2.65. The number of ether oxygens (including phenoxy) is 1. The number of aliphatic carboxylic acids is 1. The van der Waals surface area contributed by atoms with Crippen LogP contribution in [0.5, 0.6) is 0 Å². The minimum Gasteiger partial charge on any atom is -0.542 e. The summed E-state index contributed by atoms with van der Waals surface area (Å²) in [5.41, 5.74) is 3.21. The second-order valence-electron chi connectivity index (χ2n) is 10.4. The number of carbonyl (C=O) groups excluding carboxylic acids is 2. The van der Waals surface area contributed by atoms with Crippen LogP contribution in [-0.2, 0) is 14.3 Å². The molecule has 0 aliphatic carbocycles. The number of esters is 1. The summed E-state index contributed by atoms with van der Waals surface area (Å²) < 4.78 is 38.9. The number of fused-ring (bicyclic) bond motifs is 3. The van der Waals surface area contributed by atoms with Crippen molar-refractivity contribution in [3.8, 4) is 0 Å². The van der Waals surface area contributed by atoms with Crippen molar-refractivity contribution in [2.75, 3.05) is 25.0 Å². The number of rotatable bonds is 7. The average molecular weight is 555 g/mol. The Morgan fingerprint density at radius 1 is 0.875 bits per heavy atom. The molecule has 3 aliphatic heterocycles. The van der Waals surface area contributed by atoms with Crippen molar-refractivity contribution in [3.05, 3.63) is 102 Å². The Kier molecular flexibility index (Phi) is 9.14. The van der Waals surface area contributed by atoms with Crippen molar-refractivity contribution in [3.63, 3.8) is 0 Å². The highest BCUT2D eigenvalue weighted by molar-refractivity contribution is 5.81. The number of nitrogens with one attached hydrogen (secondary N) is 1. The summed E-state index contributed by atoms with van der Waals surface area (Å²) in [7, 11) is 0. The monoisotopic (exact) mass is 554 g/mol. The predicted octanol–water partition coefficient (Wildman–Crippen LogP) is 5.05. The predicted molar refractivity (Wildman–Crippen MR) is 143 cm³/mol. The van der Waals surface area contributed by atoms with Crippen LogP contribution in [0, 0.1) is 5.92 Å². The number of alkyl halides is 3. The van der Waals surface area contributed by atoms with E-state index in [0.29, 0.717) is 12.0 Å². The van der Waals surface area contributed by atoms with Gasteiger partial charge in [-0.2, -0.15) is 13.2 Å². The molecule has 2 unspecified atom stereocenters. The van der Waals surface area contributed by atoms with E-state index in [0.717, 1.165) is 35.1 Å². The zero-order valence-corrected chi connectivity index (χ0v) is 22.2. The van der Waals surface area contributed by atoms with Gasteiger partial charge in [0, 0.05) is 30.0 Å². The van der Waals surface area contributed by atoms with E-state index < -0.39 is 18.2 Å². The molecule has 3 fully saturated rings. The lowest BCUT2D eigenvalue weighted by atomic mass is 9.81. The van der Waals surface area contributed by atoms with Gasteiger partial charge in [0.05, 0.1) is 13.1 Å². The smallest absolute Gasteiger partial charge is 0.430 e. The number of piperidine rings is 3.